The summed E-state index contributed by atoms with van der Waals surface area (Å²) < 4.78 is 13.6. The van der Waals surface area contributed by atoms with Crippen LogP contribution in [0.3, 0.4) is 0 Å². The minimum Gasteiger partial charge on any atom is -0.456 e. The Balaban J connectivity index is 1.31. The van der Waals surface area contributed by atoms with Gasteiger partial charge in [-0.15, -0.1) is 0 Å². The van der Waals surface area contributed by atoms with Crippen molar-refractivity contribution in [3.8, 4) is 45.3 Å². The largest absolute Gasteiger partial charge is 0.456 e. The van der Waals surface area contributed by atoms with Crippen LogP contribution in [0, 0.1) is 0 Å². The molecule has 1 unspecified atom stereocenters. The lowest BCUT2D eigenvalue weighted by atomic mass is 10.00. The average molecular weight is 543 g/mol. The zero-order chi connectivity index (χ0) is 26.9. The van der Waals surface area contributed by atoms with Gasteiger partial charge in [-0.1, -0.05) is 103 Å². The standard InChI is InChI=1S/C38H23O2P/c1-2-8-24(9-3-1)28-17-21-35-34(23-28)39-33-20-18-30(29-15-14-25-10-4-5-12-27(25)22-29)36-38(33)41(35)37-31-13-7-6-11-26(31)16-19-32(37)40-36/h1-23H. The molecule has 41 heavy (non-hydrogen) atoms. The molecule has 0 spiro atoms. The maximum absolute atomic E-state index is 6.87. The van der Waals surface area contributed by atoms with Crippen LogP contribution >= 0.6 is 7.92 Å². The maximum atomic E-state index is 6.87. The molecule has 2 nitrogen and oxygen atoms in total. The molecule has 0 bridgehead atoms. The van der Waals surface area contributed by atoms with E-state index in [1.165, 1.54) is 37.7 Å². The number of ether oxygens (including phenoxy) is 2. The van der Waals surface area contributed by atoms with E-state index in [0.717, 1.165) is 45.0 Å². The Bertz CT molecular complexity index is 2170. The van der Waals surface area contributed by atoms with Gasteiger partial charge in [-0.05, 0) is 74.6 Å². The van der Waals surface area contributed by atoms with E-state index in [1.807, 2.05) is 0 Å². The van der Waals surface area contributed by atoms with E-state index in [1.54, 1.807) is 0 Å². The van der Waals surface area contributed by atoms with Crippen LogP contribution < -0.4 is 25.4 Å². The van der Waals surface area contributed by atoms with Crippen molar-refractivity contribution < 1.29 is 9.47 Å². The number of hydrogen-bond acceptors (Lipinski definition) is 2. The molecule has 9 rings (SSSR count). The first-order chi connectivity index (χ1) is 20.3. The number of hydrogen-bond donors (Lipinski definition) is 0. The normalized spacial score (nSPS) is 14.5. The van der Waals surface area contributed by atoms with E-state index >= 15 is 0 Å². The molecule has 0 aliphatic carbocycles. The Kier molecular flexibility index (Phi) is 4.90. The van der Waals surface area contributed by atoms with Gasteiger partial charge in [0.05, 0.1) is 5.30 Å². The topological polar surface area (TPSA) is 18.5 Å². The Morgan fingerprint density at radius 1 is 0.415 bits per heavy atom. The van der Waals surface area contributed by atoms with Crippen molar-refractivity contribution >= 4 is 45.4 Å². The van der Waals surface area contributed by atoms with Gasteiger partial charge in [0.15, 0.2) is 0 Å². The fraction of sp³-hybridized carbons (Fsp3) is 0. The molecule has 0 fully saturated rings. The quantitative estimate of drug-likeness (QED) is 0.203. The summed E-state index contributed by atoms with van der Waals surface area (Å²) in [5, 5.41) is 8.56. The van der Waals surface area contributed by atoms with Gasteiger partial charge >= 0.3 is 0 Å². The summed E-state index contributed by atoms with van der Waals surface area (Å²) in [5.74, 6) is 3.65. The van der Waals surface area contributed by atoms with Crippen LogP contribution in [0.2, 0.25) is 0 Å². The lowest BCUT2D eigenvalue weighted by Gasteiger charge is -2.36. The number of fused-ring (bicyclic) bond motifs is 7. The van der Waals surface area contributed by atoms with E-state index in [-0.39, 0.29) is 0 Å². The van der Waals surface area contributed by atoms with Crippen molar-refractivity contribution in [2.24, 2.45) is 0 Å². The molecule has 7 aromatic carbocycles. The molecule has 0 amide bonds. The first-order valence-electron chi connectivity index (χ1n) is 13.9. The highest BCUT2D eigenvalue weighted by atomic mass is 31.1. The van der Waals surface area contributed by atoms with E-state index in [9.17, 15) is 0 Å². The van der Waals surface area contributed by atoms with Gasteiger partial charge in [0.25, 0.3) is 0 Å². The van der Waals surface area contributed by atoms with Gasteiger partial charge in [0.2, 0.25) is 0 Å². The second-order valence-electron chi connectivity index (χ2n) is 10.6. The first kappa shape index (κ1) is 22.9. The summed E-state index contributed by atoms with van der Waals surface area (Å²) >= 11 is 0. The fourth-order valence-corrected chi connectivity index (χ4v) is 9.01. The third-order valence-corrected chi connectivity index (χ3v) is 10.8. The maximum Gasteiger partial charge on any atom is 0.147 e. The molecule has 0 N–H and O–H groups in total. The smallest absolute Gasteiger partial charge is 0.147 e. The summed E-state index contributed by atoms with van der Waals surface area (Å²) in [7, 11) is -0.923. The van der Waals surface area contributed by atoms with Crippen molar-refractivity contribution in [2.45, 2.75) is 0 Å². The first-order valence-corrected chi connectivity index (χ1v) is 15.2. The van der Waals surface area contributed by atoms with Gasteiger partial charge in [-0.3, -0.25) is 0 Å². The Labute approximate surface area is 239 Å². The van der Waals surface area contributed by atoms with Gasteiger partial charge in [-0.25, -0.2) is 0 Å². The van der Waals surface area contributed by atoms with E-state index in [2.05, 4.69) is 140 Å². The molecule has 1 atom stereocenters. The van der Waals surface area contributed by atoms with E-state index < -0.39 is 7.92 Å². The third-order valence-electron chi connectivity index (χ3n) is 8.21. The van der Waals surface area contributed by atoms with Gasteiger partial charge in [0, 0.05) is 24.1 Å². The Morgan fingerprint density at radius 3 is 2.02 bits per heavy atom. The highest BCUT2D eigenvalue weighted by Gasteiger charge is 2.39. The summed E-state index contributed by atoms with van der Waals surface area (Å²) in [6.07, 6.45) is 0. The molecule has 0 aromatic heterocycles. The van der Waals surface area contributed by atoms with Crippen LogP contribution in [0.5, 0.6) is 23.0 Å². The van der Waals surface area contributed by atoms with Crippen LogP contribution in [-0.2, 0) is 0 Å². The third kappa shape index (κ3) is 3.48. The van der Waals surface area contributed by atoms with Crippen molar-refractivity contribution in [2.75, 3.05) is 0 Å². The van der Waals surface area contributed by atoms with Crippen LogP contribution in [-0.4, -0.2) is 0 Å². The Morgan fingerprint density at radius 2 is 1.12 bits per heavy atom. The summed E-state index contributed by atoms with van der Waals surface area (Å²) in [6.45, 7) is 0. The van der Waals surface area contributed by atoms with Crippen molar-refractivity contribution in [1.82, 2.24) is 0 Å². The lowest BCUT2D eigenvalue weighted by Crippen LogP contribution is -2.32. The molecule has 7 aromatic rings. The molecule has 192 valence electrons. The number of benzene rings is 7. The second kappa shape index (κ2) is 8.80. The summed E-state index contributed by atoms with van der Waals surface area (Å²) in [4.78, 5) is 0. The van der Waals surface area contributed by atoms with Crippen LogP contribution in [0.25, 0.3) is 43.8 Å². The SMILES string of the molecule is c1ccc(-c2ccc3c(c2)Oc2ccc(-c4ccc5ccccc5c4)c4c2P3c2c(ccc3ccccc23)O4)cc1. The zero-order valence-corrected chi connectivity index (χ0v) is 22.9. The van der Waals surface area contributed by atoms with Gasteiger partial charge < -0.3 is 9.47 Å². The van der Waals surface area contributed by atoms with E-state index in [0.29, 0.717) is 0 Å². The molecular formula is C38H23O2P. The minimum atomic E-state index is -0.923. The molecular weight excluding hydrogens is 519 g/mol. The highest BCUT2D eigenvalue weighted by Crippen LogP contribution is 2.56. The van der Waals surface area contributed by atoms with Crippen LogP contribution in [0.15, 0.2) is 140 Å². The van der Waals surface area contributed by atoms with Gasteiger partial charge in [0.1, 0.15) is 23.0 Å². The molecule has 0 saturated carbocycles. The predicted molar refractivity (Wildman–Crippen MR) is 171 cm³/mol. The monoisotopic (exact) mass is 542 g/mol. The zero-order valence-electron chi connectivity index (χ0n) is 22.0. The minimum absolute atomic E-state index is 0.881. The second-order valence-corrected chi connectivity index (χ2v) is 12.6. The summed E-state index contributed by atoms with van der Waals surface area (Å²) in [6, 6.07) is 49.6. The molecule has 2 aliphatic heterocycles. The van der Waals surface area contributed by atoms with Crippen molar-refractivity contribution in [1.29, 1.82) is 0 Å². The highest BCUT2D eigenvalue weighted by molar-refractivity contribution is 7.81. The van der Waals surface area contributed by atoms with Crippen LogP contribution in [0.1, 0.15) is 0 Å². The molecule has 2 heterocycles. The average Bonchev–Trinajstić information content (AvgIpc) is 3.04. The molecule has 0 radical (unpaired) electrons. The predicted octanol–water partition coefficient (Wildman–Crippen LogP) is 9.30. The Hall–Kier alpha value is -4.91. The molecule has 0 saturated heterocycles. The molecule has 3 heteroatoms. The van der Waals surface area contributed by atoms with Crippen molar-refractivity contribution in [3.05, 3.63) is 140 Å². The molecule has 2 aliphatic rings. The van der Waals surface area contributed by atoms with Crippen molar-refractivity contribution in [3.63, 3.8) is 0 Å². The lowest BCUT2D eigenvalue weighted by molar-refractivity contribution is 0.468. The fourth-order valence-electron chi connectivity index (χ4n) is 6.25. The number of rotatable bonds is 2. The van der Waals surface area contributed by atoms with Gasteiger partial charge in [-0.2, -0.15) is 0 Å². The van der Waals surface area contributed by atoms with Crippen LogP contribution in [0.4, 0.5) is 0 Å². The summed E-state index contributed by atoms with van der Waals surface area (Å²) in [5.41, 5.74) is 4.57. The van der Waals surface area contributed by atoms with E-state index in [4.69, 9.17) is 9.47 Å².